The second-order valence-corrected chi connectivity index (χ2v) is 12.5. The lowest BCUT2D eigenvalue weighted by molar-refractivity contribution is -0.136. The third-order valence-corrected chi connectivity index (χ3v) is 8.61. The van der Waals surface area contributed by atoms with Crippen LogP contribution in [0.1, 0.15) is 29.5 Å². The van der Waals surface area contributed by atoms with Gasteiger partial charge in [-0.2, -0.15) is 0 Å². The maximum absolute atomic E-state index is 14.1. The summed E-state index contributed by atoms with van der Waals surface area (Å²) in [6, 6.07) is 15.1. The maximum atomic E-state index is 14.1. The fourth-order valence-electron chi connectivity index (χ4n) is 5.35. The van der Waals surface area contributed by atoms with Crippen molar-refractivity contribution in [2.45, 2.75) is 51.4 Å². The number of piperazine rings is 1. The number of nitrogens with zero attached hydrogens (tertiary/aromatic N) is 2. The highest BCUT2D eigenvalue weighted by Gasteiger charge is 2.41. The van der Waals surface area contributed by atoms with E-state index in [4.69, 9.17) is 44.3 Å². The number of anilines is 1. The van der Waals surface area contributed by atoms with Crippen LogP contribution in [-0.4, -0.2) is 68.1 Å². The molecule has 0 bridgehead atoms. The summed E-state index contributed by atoms with van der Waals surface area (Å²) < 4.78 is 36.7. The lowest BCUT2D eigenvalue weighted by Crippen LogP contribution is -2.61. The molecular weight excluding hydrogens is 661 g/mol. The fraction of sp³-hybridized carbons (Fsp3) is 0.394. The van der Waals surface area contributed by atoms with Gasteiger partial charge in [-0.1, -0.05) is 46.9 Å². The topological polar surface area (TPSA) is 83.1 Å². The summed E-state index contributed by atoms with van der Waals surface area (Å²) in [5.74, 6) is 0.555. The van der Waals surface area contributed by atoms with Gasteiger partial charge in [-0.05, 0) is 78.9 Å². The number of carbonyl (C=O) groups excluding carboxylic acids is 2. The number of benzene rings is 3. The Bertz CT molecular complexity index is 1520. The van der Waals surface area contributed by atoms with Crippen molar-refractivity contribution in [3.05, 3.63) is 86.4 Å². The molecule has 1 saturated carbocycles. The summed E-state index contributed by atoms with van der Waals surface area (Å²) >= 11 is 19.0. The number of hydrogen-bond acceptors (Lipinski definition) is 6. The van der Waals surface area contributed by atoms with Crippen molar-refractivity contribution in [2.75, 3.05) is 37.7 Å². The highest BCUT2D eigenvalue weighted by atomic mass is 35.5. The molecule has 0 spiro atoms. The normalized spacial score (nSPS) is 16.5. The first-order chi connectivity index (χ1) is 22.1. The molecule has 2 fully saturated rings. The number of nitrogens with one attached hydrogen (secondary N) is 2. The zero-order valence-corrected chi connectivity index (χ0v) is 27.5. The number of ether oxygens (including phenoxy) is 2. The average molecular weight is 696 g/mol. The molecule has 3 aromatic carbocycles. The SMILES string of the molecule is Cc1cc(Cl)c(OCCOc2ccc(N3C(=O)CNC[C@@H]3C(=O)N(Cc3cc(CNCC(F)F)ccc3Cl)C3CC3)cc2)c(Cl)c1. The Labute approximate surface area is 281 Å². The lowest BCUT2D eigenvalue weighted by Gasteiger charge is -2.38. The molecule has 46 heavy (non-hydrogen) atoms. The molecule has 0 radical (unpaired) electrons. The van der Waals surface area contributed by atoms with E-state index in [1.54, 1.807) is 53.4 Å². The number of alkyl halides is 2. The van der Waals surface area contributed by atoms with Gasteiger partial charge in [0.15, 0.2) is 5.75 Å². The number of amides is 2. The first-order valence-electron chi connectivity index (χ1n) is 15.0. The van der Waals surface area contributed by atoms with Gasteiger partial charge in [-0.3, -0.25) is 14.5 Å². The lowest BCUT2D eigenvalue weighted by atomic mass is 10.1. The van der Waals surface area contributed by atoms with E-state index in [1.807, 2.05) is 13.0 Å². The number of carbonyl (C=O) groups is 2. The Morgan fingerprint density at radius 3 is 2.39 bits per heavy atom. The molecule has 8 nitrogen and oxygen atoms in total. The van der Waals surface area contributed by atoms with Crippen LogP contribution in [0.5, 0.6) is 11.5 Å². The van der Waals surface area contributed by atoms with E-state index in [0.717, 1.165) is 29.5 Å². The van der Waals surface area contributed by atoms with Crippen LogP contribution < -0.4 is 25.0 Å². The van der Waals surface area contributed by atoms with E-state index < -0.39 is 19.0 Å². The number of halogens is 5. The van der Waals surface area contributed by atoms with Gasteiger partial charge in [0, 0.05) is 36.4 Å². The second kappa shape index (κ2) is 15.6. The van der Waals surface area contributed by atoms with Crippen molar-refractivity contribution >= 4 is 52.3 Å². The average Bonchev–Trinajstić information content (AvgIpc) is 3.86. The second-order valence-electron chi connectivity index (χ2n) is 11.3. The third kappa shape index (κ3) is 8.80. The Morgan fingerprint density at radius 2 is 1.72 bits per heavy atom. The largest absolute Gasteiger partial charge is 0.490 e. The minimum absolute atomic E-state index is 0.0331. The highest BCUT2D eigenvalue weighted by Crippen LogP contribution is 2.35. The molecule has 5 rings (SSSR count). The van der Waals surface area contributed by atoms with Gasteiger partial charge in [0.25, 0.3) is 6.43 Å². The highest BCUT2D eigenvalue weighted by molar-refractivity contribution is 6.37. The van der Waals surface area contributed by atoms with Gasteiger partial charge in [-0.25, -0.2) is 8.78 Å². The first-order valence-corrected chi connectivity index (χ1v) is 16.1. The van der Waals surface area contributed by atoms with Crippen molar-refractivity contribution in [3.8, 4) is 11.5 Å². The van der Waals surface area contributed by atoms with Crippen molar-refractivity contribution in [1.29, 1.82) is 0 Å². The zero-order chi connectivity index (χ0) is 32.8. The molecule has 2 amide bonds. The molecular formula is C33H35Cl3F2N4O4. The van der Waals surface area contributed by atoms with E-state index in [0.29, 0.717) is 38.8 Å². The molecule has 1 aliphatic heterocycles. The molecule has 1 heterocycles. The quantitative estimate of drug-likeness (QED) is 0.194. The van der Waals surface area contributed by atoms with Gasteiger partial charge < -0.3 is 25.0 Å². The summed E-state index contributed by atoms with van der Waals surface area (Å²) in [6.45, 7) is 2.82. The molecule has 1 saturated heterocycles. The van der Waals surface area contributed by atoms with E-state index in [-0.39, 0.29) is 50.7 Å². The molecule has 1 aliphatic carbocycles. The van der Waals surface area contributed by atoms with E-state index >= 15 is 0 Å². The van der Waals surface area contributed by atoms with Gasteiger partial charge in [0.05, 0.1) is 23.1 Å². The molecule has 2 N–H and O–H groups in total. The molecule has 3 aromatic rings. The van der Waals surface area contributed by atoms with Crippen LogP contribution in [0.4, 0.5) is 14.5 Å². The molecule has 0 aromatic heterocycles. The monoisotopic (exact) mass is 694 g/mol. The van der Waals surface area contributed by atoms with Gasteiger partial charge >= 0.3 is 0 Å². The summed E-state index contributed by atoms with van der Waals surface area (Å²) in [7, 11) is 0. The third-order valence-electron chi connectivity index (χ3n) is 7.68. The Morgan fingerprint density at radius 1 is 1.02 bits per heavy atom. The Kier molecular flexibility index (Phi) is 11.6. The molecule has 1 atom stereocenters. The van der Waals surface area contributed by atoms with Crippen LogP contribution >= 0.6 is 34.8 Å². The summed E-state index contributed by atoms with van der Waals surface area (Å²) in [5, 5.41) is 7.13. The van der Waals surface area contributed by atoms with Crippen LogP contribution in [-0.2, 0) is 22.7 Å². The fourth-order valence-corrected chi connectivity index (χ4v) is 6.23. The smallest absolute Gasteiger partial charge is 0.250 e. The van der Waals surface area contributed by atoms with Crippen LogP contribution in [0.2, 0.25) is 15.1 Å². The summed E-state index contributed by atoms with van der Waals surface area (Å²) in [6.07, 6.45) is -0.742. The minimum Gasteiger partial charge on any atom is -0.490 e. The zero-order valence-electron chi connectivity index (χ0n) is 25.2. The van der Waals surface area contributed by atoms with Crippen LogP contribution in [0.3, 0.4) is 0 Å². The molecule has 0 unspecified atom stereocenters. The molecule has 2 aliphatic rings. The first kappa shape index (κ1) is 34.2. The minimum atomic E-state index is -2.45. The maximum Gasteiger partial charge on any atom is 0.250 e. The summed E-state index contributed by atoms with van der Waals surface area (Å²) in [4.78, 5) is 30.6. The van der Waals surface area contributed by atoms with Crippen molar-refractivity contribution in [2.24, 2.45) is 0 Å². The van der Waals surface area contributed by atoms with Crippen LogP contribution in [0.15, 0.2) is 54.6 Å². The number of rotatable bonds is 14. The molecule has 13 heteroatoms. The van der Waals surface area contributed by atoms with Crippen molar-refractivity contribution in [3.63, 3.8) is 0 Å². The van der Waals surface area contributed by atoms with Crippen LogP contribution in [0, 0.1) is 6.92 Å². The van der Waals surface area contributed by atoms with Gasteiger partial charge in [-0.15, -0.1) is 0 Å². The van der Waals surface area contributed by atoms with E-state index in [9.17, 15) is 18.4 Å². The van der Waals surface area contributed by atoms with Crippen molar-refractivity contribution < 1.29 is 27.8 Å². The summed E-state index contributed by atoms with van der Waals surface area (Å²) in [5.41, 5.74) is 3.01. The number of aryl methyl sites for hydroxylation is 1. The number of hydrogen-bond donors (Lipinski definition) is 2. The predicted octanol–water partition coefficient (Wildman–Crippen LogP) is 6.26. The Balaban J connectivity index is 1.24. The van der Waals surface area contributed by atoms with Gasteiger partial charge in [0.1, 0.15) is 25.0 Å². The predicted molar refractivity (Wildman–Crippen MR) is 176 cm³/mol. The van der Waals surface area contributed by atoms with Crippen LogP contribution in [0.25, 0.3) is 0 Å². The van der Waals surface area contributed by atoms with Gasteiger partial charge in [0.2, 0.25) is 11.8 Å². The van der Waals surface area contributed by atoms with Crippen molar-refractivity contribution in [1.82, 2.24) is 15.5 Å². The van der Waals surface area contributed by atoms with E-state index in [1.165, 1.54) is 4.90 Å². The Hall–Kier alpha value is -3.15. The molecule has 246 valence electrons. The van der Waals surface area contributed by atoms with E-state index in [2.05, 4.69) is 10.6 Å². The standard InChI is InChI=1S/C33H35Cl3F2N4O4/c1-20-12-27(35)32(28(36)13-20)46-11-10-45-25-7-5-24(6-8-25)42-29(16-40-18-31(42)43)33(44)41(23-3-4-23)19-22-14-21(2-9-26(22)34)15-39-17-30(37)38/h2,5-9,12-14,23,29-30,39-40H,3-4,10-11,15-19H2,1H3/t29-/m1/s1.